The Hall–Kier alpha value is -2.63. The fourth-order valence-corrected chi connectivity index (χ4v) is 5.61. The Bertz CT molecular complexity index is 1100. The second-order valence-corrected chi connectivity index (χ2v) is 10.6. The number of carbonyl (C=O) groups is 1. The third kappa shape index (κ3) is 4.68. The molecule has 0 bridgehead atoms. The number of rotatable bonds is 6. The topological polar surface area (TPSA) is 52.6 Å². The summed E-state index contributed by atoms with van der Waals surface area (Å²) in [6, 6.07) is 16.7. The van der Waals surface area contributed by atoms with Crippen LogP contribution in [0.25, 0.3) is 11.1 Å². The Morgan fingerprint density at radius 1 is 1.13 bits per heavy atom. The van der Waals surface area contributed by atoms with Gasteiger partial charge >= 0.3 is 5.97 Å². The van der Waals surface area contributed by atoms with Crippen LogP contribution in [0.5, 0.6) is 0 Å². The molecular formula is C26H30N2O2S. The molecule has 0 fully saturated rings. The van der Waals surface area contributed by atoms with Gasteiger partial charge in [0.2, 0.25) is 0 Å². The van der Waals surface area contributed by atoms with Crippen LogP contribution in [0.2, 0.25) is 0 Å². The average molecular weight is 435 g/mol. The number of hydrogen-bond donors (Lipinski definition) is 2. The van der Waals surface area contributed by atoms with Crippen LogP contribution in [0.15, 0.2) is 48.5 Å². The molecule has 1 aromatic heterocycles. The number of benzene rings is 2. The fourth-order valence-electron chi connectivity index (χ4n) is 4.38. The van der Waals surface area contributed by atoms with E-state index in [0.29, 0.717) is 5.56 Å². The fraction of sp³-hybridized carbons (Fsp3) is 0.346. The molecule has 162 valence electrons. The molecule has 0 amide bonds. The van der Waals surface area contributed by atoms with E-state index in [0.717, 1.165) is 47.6 Å². The first kappa shape index (κ1) is 21.6. The van der Waals surface area contributed by atoms with E-state index in [9.17, 15) is 9.90 Å². The van der Waals surface area contributed by atoms with E-state index in [1.54, 1.807) is 11.3 Å². The molecule has 31 heavy (non-hydrogen) atoms. The Morgan fingerprint density at radius 2 is 1.84 bits per heavy atom. The summed E-state index contributed by atoms with van der Waals surface area (Å²) < 4.78 is 0. The molecule has 0 unspecified atom stereocenters. The van der Waals surface area contributed by atoms with E-state index in [1.807, 2.05) is 12.1 Å². The maximum absolute atomic E-state index is 12.1. The summed E-state index contributed by atoms with van der Waals surface area (Å²) in [5.74, 6) is -0.841. The highest BCUT2D eigenvalue weighted by atomic mass is 32.1. The van der Waals surface area contributed by atoms with Gasteiger partial charge in [-0.2, -0.15) is 0 Å². The Balaban J connectivity index is 1.61. The Labute approximate surface area is 188 Å². The van der Waals surface area contributed by atoms with Crippen molar-refractivity contribution in [2.45, 2.75) is 39.7 Å². The summed E-state index contributed by atoms with van der Waals surface area (Å²) in [7, 11) is 4.15. The van der Waals surface area contributed by atoms with Gasteiger partial charge in [-0.05, 0) is 73.2 Å². The molecule has 1 aliphatic rings. The molecular weight excluding hydrogens is 404 g/mol. The second-order valence-electron chi connectivity index (χ2n) is 9.45. The van der Waals surface area contributed by atoms with Gasteiger partial charge < -0.3 is 15.3 Å². The number of nitrogens with one attached hydrogen (secondary N) is 1. The predicted octanol–water partition coefficient (Wildman–Crippen LogP) is 6.43. The number of carboxylic acids is 1. The SMILES string of the molecule is CN(C)Cc1ccccc1-c1ccc(Nc2sc3c(c2C(=O)O)CC(C)(C)CC3)cc1. The first-order valence-electron chi connectivity index (χ1n) is 10.7. The van der Waals surface area contributed by atoms with Crippen molar-refractivity contribution >= 4 is 28.0 Å². The first-order valence-corrected chi connectivity index (χ1v) is 11.5. The first-order chi connectivity index (χ1) is 14.7. The van der Waals surface area contributed by atoms with Crippen molar-refractivity contribution in [1.29, 1.82) is 0 Å². The molecule has 0 saturated carbocycles. The molecule has 0 radical (unpaired) electrons. The zero-order valence-corrected chi connectivity index (χ0v) is 19.5. The third-order valence-electron chi connectivity index (χ3n) is 5.95. The quantitative estimate of drug-likeness (QED) is 0.469. The van der Waals surface area contributed by atoms with Crippen molar-refractivity contribution < 1.29 is 9.90 Å². The van der Waals surface area contributed by atoms with Gasteiger partial charge in [-0.3, -0.25) is 0 Å². The van der Waals surface area contributed by atoms with Crippen LogP contribution >= 0.6 is 11.3 Å². The molecule has 4 rings (SSSR count). The summed E-state index contributed by atoms with van der Waals surface area (Å²) >= 11 is 1.60. The van der Waals surface area contributed by atoms with Crippen LogP contribution in [0, 0.1) is 5.41 Å². The van der Waals surface area contributed by atoms with Gasteiger partial charge in [-0.15, -0.1) is 11.3 Å². The van der Waals surface area contributed by atoms with Gasteiger partial charge in [0.15, 0.2) is 0 Å². The van der Waals surface area contributed by atoms with Crippen LogP contribution < -0.4 is 5.32 Å². The monoisotopic (exact) mass is 434 g/mol. The molecule has 1 aliphatic carbocycles. The molecule has 0 saturated heterocycles. The number of thiophene rings is 1. The lowest BCUT2D eigenvalue weighted by molar-refractivity contribution is 0.0696. The minimum atomic E-state index is -0.841. The van der Waals surface area contributed by atoms with Crippen molar-refractivity contribution in [2.24, 2.45) is 5.41 Å². The molecule has 0 atom stereocenters. The smallest absolute Gasteiger partial charge is 0.339 e. The molecule has 5 heteroatoms. The number of aryl methyl sites for hydroxylation is 1. The van der Waals surface area contributed by atoms with Crippen LogP contribution in [0.3, 0.4) is 0 Å². The highest BCUT2D eigenvalue weighted by Gasteiger charge is 2.32. The van der Waals surface area contributed by atoms with Crippen LogP contribution in [-0.4, -0.2) is 30.1 Å². The number of nitrogens with zero attached hydrogens (tertiary/aromatic N) is 1. The number of aromatic carboxylic acids is 1. The maximum Gasteiger partial charge on any atom is 0.339 e. The maximum atomic E-state index is 12.1. The van der Waals surface area contributed by atoms with E-state index in [2.05, 4.69) is 74.6 Å². The zero-order chi connectivity index (χ0) is 22.2. The number of anilines is 2. The molecule has 2 N–H and O–H groups in total. The highest BCUT2D eigenvalue weighted by Crippen LogP contribution is 2.44. The minimum Gasteiger partial charge on any atom is -0.478 e. The number of fused-ring (bicyclic) bond motifs is 1. The standard InChI is InChI=1S/C26H30N2O2S/c1-26(2)14-13-22-21(15-26)23(25(29)30)24(31-22)27-19-11-9-17(10-12-19)20-8-6-5-7-18(20)16-28(3)4/h5-12,27H,13-16H2,1-4H3,(H,29,30). The van der Waals surface area contributed by atoms with E-state index in [-0.39, 0.29) is 5.41 Å². The Kier molecular flexibility index (Phi) is 5.91. The third-order valence-corrected chi connectivity index (χ3v) is 7.15. The van der Waals surface area contributed by atoms with Crippen LogP contribution in [0.4, 0.5) is 10.7 Å². The normalized spacial score (nSPS) is 15.0. The summed E-state index contributed by atoms with van der Waals surface area (Å²) in [5, 5.41) is 14.1. The summed E-state index contributed by atoms with van der Waals surface area (Å²) in [4.78, 5) is 15.5. The van der Waals surface area contributed by atoms with E-state index in [1.165, 1.54) is 16.0 Å². The minimum absolute atomic E-state index is 0.150. The largest absolute Gasteiger partial charge is 0.478 e. The zero-order valence-electron chi connectivity index (χ0n) is 18.7. The van der Waals surface area contributed by atoms with Crippen molar-refractivity contribution in [1.82, 2.24) is 4.90 Å². The molecule has 0 spiro atoms. The molecule has 3 aromatic rings. The lowest BCUT2D eigenvalue weighted by atomic mass is 9.76. The summed E-state index contributed by atoms with van der Waals surface area (Å²) in [6.07, 6.45) is 2.88. The van der Waals surface area contributed by atoms with E-state index in [4.69, 9.17) is 0 Å². The van der Waals surface area contributed by atoms with Gasteiger partial charge in [-0.25, -0.2) is 4.79 Å². The predicted molar refractivity (Wildman–Crippen MR) is 130 cm³/mol. The van der Waals surface area contributed by atoms with E-state index >= 15 is 0 Å². The van der Waals surface area contributed by atoms with Crippen molar-refractivity contribution in [2.75, 3.05) is 19.4 Å². The van der Waals surface area contributed by atoms with Crippen molar-refractivity contribution in [3.63, 3.8) is 0 Å². The molecule has 1 heterocycles. The molecule has 4 nitrogen and oxygen atoms in total. The lowest BCUT2D eigenvalue weighted by Gasteiger charge is -2.29. The van der Waals surface area contributed by atoms with Crippen LogP contribution in [-0.2, 0) is 19.4 Å². The lowest BCUT2D eigenvalue weighted by Crippen LogP contribution is -2.22. The van der Waals surface area contributed by atoms with Gasteiger partial charge in [0.05, 0.1) is 5.56 Å². The van der Waals surface area contributed by atoms with E-state index < -0.39 is 5.97 Å². The van der Waals surface area contributed by atoms with Gasteiger partial charge in [-0.1, -0.05) is 50.2 Å². The van der Waals surface area contributed by atoms with Crippen molar-refractivity contribution in [3.8, 4) is 11.1 Å². The van der Waals surface area contributed by atoms with Gasteiger partial charge in [0, 0.05) is 17.1 Å². The average Bonchev–Trinajstić information content (AvgIpc) is 3.04. The second kappa shape index (κ2) is 8.48. The highest BCUT2D eigenvalue weighted by molar-refractivity contribution is 7.16. The van der Waals surface area contributed by atoms with Gasteiger partial charge in [0.1, 0.15) is 5.00 Å². The molecule has 2 aromatic carbocycles. The Morgan fingerprint density at radius 3 is 2.52 bits per heavy atom. The van der Waals surface area contributed by atoms with Crippen LogP contribution in [0.1, 0.15) is 46.6 Å². The van der Waals surface area contributed by atoms with Crippen molar-refractivity contribution in [3.05, 3.63) is 70.1 Å². The summed E-state index contributed by atoms with van der Waals surface area (Å²) in [5.41, 5.74) is 6.20. The molecule has 0 aliphatic heterocycles. The number of hydrogen-bond acceptors (Lipinski definition) is 4. The number of carboxylic acid groups (broad SMARTS) is 1. The van der Waals surface area contributed by atoms with Gasteiger partial charge in [0.25, 0.3) is 0 Å². The summed E-state index contributed by atoms with van der Waals surface area (Å²) in [6.45, 7) is 5.33.